The number of quaternary nitrogens is 1. The fraction of sp³-hybridized carbons (Fsp3) is 0.625. The monoisotopic (exact) mass is 280 g/mol. The summed E-state index contributed by atoms with van der Waals surface area (Å²) in [6, 6.07) is 8.25. The fourth-order valence-electron chi connectivity index (χ4n) is 2.30. The van der Waals surface area contributed by atoms with Crippen LogP contribution in [0.2, 0.25) is 0 Å². The molecule has 112 valence electrons. The first kappa shape index (κ1) is 15.3. The Morgan fingerprint density at radius 3 is 2.80 bits per heavy atom. The summed E-state index contributed by atoms with van der Waals surface area (Å²) < 4.78 is 16.6. The normalized spacial score (nSPS) is 16.2. The molecule has 0 amide bonds. The van der Waals surface area contributed by atoms with Gasteiger partial charge in [0.15, 0.2) is 0 Å². The Balaban J connectivity index is 1.52. The zero-order valence-electron chi connectivity index (χ0n) is 12.4. The highest BCUT2D eigenvalue weighted by Gasteiger charge is 2.12. The van der Waals surface area contributed by atoms with Crippen LogP contribution in [-0.4, -0.2) is 52.7 Å². The molecule has 0 radical (unpaired) electrons. The van der Waals surface area contributed by atoms with Crippen LogP contribution in [0, 0.1) is 0 Å². The van der Waals surface area contributed by atoms with E-state index in [9.17, 15) is 0 Å². The molecule has 0 unspecified atom stereocenters. The van der Waals surface area contributed by atoms with Crippen molar-refractivity contribution < 1.29 is 19.1 Å². The summed E-state index contributed by atoms with van der Waals surface area (Å²) in [5.74, 6) is 0.937. The molecule has 4 heteroatoms. The van der Waals surface area contributed by atoms with E-state index in [-0.39, 0.29) is 0 Å². The zero-order valence-corrected chi connectivity index (χ0v) is 12.4. The van der Waals surface area contributed by atoms with E-state index in [1.807, 2.05) is 12.1 Å². The highest BCUT2D eigenvalue weighted by Crippen LogP contribution is 2.13. The van der Waals surface area contributed by atoms with Crippen molar-refractivity contribution in [3.05, 3.63) is 29.8 Å². The average molecular weight is 280 g/mol. The lowest BCUT2D eigenvalue weighted by Crippen LogP contribution is -3.14. The Bertz CT molecular complexity index is 378. The van der Waals surface area contributed by atoms with Gasteiger partial charge >= 0.3 is 0 Å². The Kier molecular flexibility index (Phi) is 6.84. The maximum absolute atomic E-state index is 5.69. The first-order chi connectivity index (χ1) is 9.88. The first-order valence-corrected chi connectivity index (χ1v) is 7.59. The minimum Gasteiger partial charge on any atom is -0.491 e. The highest BCUT2D eigenvalue weighted by molar-refractivity contribution is 5.28. The largest absolute Gasteiger partial charge is 0.491 e. The lowest BCUT2D eigenvalue weighted by atomic mass is 10.2. The predicted octanol–water partition coefficient (Wildman–Crippen LogP) is 0.560. The Morgan fingerprint density at radius 2 is 2.00 bits per heavy atom. The molecular weight excluding hydrogens is 254 g/mol. The van der Waals surface area contributed by atoms with Gasteiger partial charge in [0.25, 0.3) is 0 Å². The van der Waals surface area contributed by atoms with E-state index in [4.69, 9.17) is 14.2 Å². The van der Waals surface area contributed by atoms with Crippen molar-refractivity contribution in [2.45, 2.75) is 13.3 Å². The summed E-state index contributed by atoms with van der Waals surface area (Å²) in [5, 5.41) is 0. The van der Waals surface area contributed by atoms with Gasteiger partial charge in [0, 0.05) is 0 Å². The molecule has 0 saturated carbocycles. The van der Waals surface area contributed by atoms with Gasteiger partial charge in [-0.1, -0.05) is 19.1 Å². The van der Waals surface area contributed by atoms with Crippen LogP contribution in [0.1, 0.15) is 12.5 Å². The van der Waals surface area contributed by atoms with Crippen molar-refractivity contribution in [1.82, 2.24) is 0 Å². The van der Waals surface area contributed by atoms with Crippen LogP contribution in [0.25, 0.3) is 0 Å². The van der Waals surface area contributed by atoms with Crippen LogP contribution in [0.5, 0.6) is 5.75 Å². The number of aryl methyl sites for hydroxylation is 1. The third-order valence-electron chi connectivity index (χ3n) is 3.60. The molecule has 1 N–H and O–H groups in total. The van der Waals surface area contributed by atoms with Crippen molar-refractivity contribution in [2.24, 2.45) is 0 Å². The minimum absolute atomic E-state index is 0.617. The van der Waals surface area contributed by atoms with E-state index in [1.165, 1.54) is 5.56 Å². The van der Waals surface area contributed by atoms with Crippen molar-refractivity contribution in [1.29, 1.82) is 0 Å². The molecule has 20 heavy (non-hydrogen) atoms. The molecule has 0 atom stereocenters. The molecule has 0 aromatic heterocycles. The second kappa shape index (κ2) is 8.95. The van der Waals surface area contributed by atoms with Crippen molar-refractivity contribution in [3.63, 3.8) is 0 Å². The van der Waals surface area contributed by atoms with Gasteiger partial charge in [-0.3, -0.25) is 0 Å². The molecular formula is C16H26NO3+. The van der Waals surface area contributed by atoms with E-state index in [0.29, 0.717) is 13.2 Å². The number of hydrogen-bond donors (Lipinski definition) is 1. The highest BCUT2D eigenvalue weighted by atomic mass is 16.5. The van der Waals surface area contributed by atoms with Crippen molar-refractivity contribution >= 4 is 0 Å². The molecule has 2 rings (SSSR count). The molecule has 1 aromatic carbocycles. The van der Waals surface area contributed by atoms with Crippen LogP contribution in [0.3, 0.4) is 0 Å². The maximum Gasteiger partial charge on any atom is 0.119 e. The molecule has 1 aliphatic heterocycles. The molecule has 4 nitrogen and oxygen atoms in total. The van der Waals surface area contributed by atoms with Crippen LogP contribution in [0.15, 0.2) is 24.3 Å². The summed E-state index contributed by atoms with van der Waals surface area (Å²) in [6.07, 6.45) is 1.04. The predicted molar refractivity (Wildman–Crippen MR) is 78.5 cm³/mol. The van der Waals surface area contributed by atoms with Gasteiger partial charge in [0.05, 0.1) is 26.4 Å². The lowest BCUT2D eigenvalue weighted by molar-refractivity contribution is -0.908. The van der Waals surface area contributed by atoms with Gasteiger partial charge < -0.3 is 19.1 Å². The number of ether oxygens (including phenoxy) is 3. The van der Waals surface area contributed by atoms with Crippen molar-refractivity contribution in [3.8, 4) is 5.75 Å². The van der Waals surface area contributed by atoms with E-state index >= 15 is 0 Å². The molecule has 0 aliphatic carbocycles. The molecule has 1 heterocycles. The Hall–Kier alpha value is -1.10. The SMILES string of the molecule is CCc1cccc(OCCOCC[NH+]2CCOCC2)c1. The summed E-state index contributed by atoms with van der Waals surface area (Å²) >= 11 is 0. The second-order valence-corrected chi connectivity index (χ2v) is 5.07. The Labute approximate surface area is 121 Å². The Morgan fingerprint density at radius 1 is 1.15 bits per heavy atom. The number of hydrogen-bond acceptors (Lipinski definition) is 3. The zero-order chi connectivity index (χ0) is 14.0. The number of benzene rings is 1. The molecule has 0 spiro atoms. The van der Waals surface area contributed by atoms with Gasteiger partial charge in [0.2, 0.25) is 0 Å². The fourth-order valence-corrected chi connectivity index (χ4v) is 2.30. The second-order valence-electron chi connectivity index (χ2n) is 5.07. The van der Waals surface area contributed by atoms with E-state index < -0.39 is 0 Å². The maximum atomic E-state index is 5.69. The first-order valence-electron chi connectivity index (χ1n) is 7.59. The number of rotatable bonds is 8. The third kappa shape index (κ3) is 5.49. The molecule has 1 fully saturated rings. The summed E-state index contributed by atoms with van der Waals surface area (Å²) in [7, 11) is 0. The number of nitrogens with one attached hydrogen (secondary N) is 1. The third-order valence-corrected chi connectivity index (χ3v) is 3.60. The average Bonchev–Trinajstić information content (AvgIpc) is 2.52. The van der Waals surface area contributed by atoms with E-state index in [2.05, 4.69) is 19.1 Å². The molecule has 1 saturated heterocycles. The quantitative estimate of drug-likeness (QED) is 0.706. The van der Waals surface area contributed by atoms with E-state index in [1.54, 1.807) is 4.90 Å². The topological polar surface area (TPSA) is 32.1 Å². The molecule has 0 bridgehead atoms. The minimum atomic E-state index is 0.617. The van der Waals surface area contributed by atoms with E-state index in [0.717, 1.165) is 51.6 Å². The number of morpholine rings is 1. The van der Waals surface area contributed by atoms with Gasteiger partial charge in [-0.05, 0) is 24.1 Å². The smallest absolute Gasteiger partial charge is 0.119 e. The van der Waals surface area contributed by atoms with Crippen molar-refractivity contribution in [2.75, 3.05) is 52.7 Å². The van der Waals surface area contributed by atoms with Gasteiger partial charge in [-0.2, -0.15) is 0 Å². The van der Waals surface area contributed by atoms with Crippen LogP contribution in [-0.2, 0) is 15.9 Å². The molecule has 1 aromatic rings. The summed E-state index contributed by atoms with van der Waals surface area (Å²) in [5.41, 5.74) is 1.30. The van der Waals surface area contributed by atoms with Crippen LogP contribution in [0.4, 0.5) is 0 Å². The lowest BCUT2D eigenvalue weighted by Gasteiger charge is -2.23. The van der Waals surface area contributed by atoms with Gasteiger partial charge in [0.1, 0.15) is 32.0 Å². The van der Waals surface area contributed by atoms with Crippen LogP contribution < -0.4 is 9.64 Å². The molecule has 1 aliphatic rings. The standard InChI is InChI=1S/C16H25NO3/c1-2-15-4-3-5-16(14-15)20-13-12-19-11-8-17-6-9-18-10-7-17/h3-5,14H,2,6-13H2,1H3/p+1. The van der Waals surface area contributed by atoms with Gasteiger partial charge in [-0.25, -0.2) is 0 Å². The van der Waals surface area contributed by atoms with Crippen LogP contribution >= 0.6 is 0 Å². The van der Waals surface area contributed by atoms with Gasteiger partial charge in [-0.15, -0.1) is 0 Å². The summed E-state index contributed by atoms with van der Waals surface area (Å²) in [6.45, 7) is 9.25. The summed E-state index contributed by atoms with van der Waals surface area (Å²) in [4.78, 5) is 1.58.